The molecule has 0 radical (unpaired) electrons. The quantitative estimate of drug-likeness (QED) is 0.933. The van der Waals surface area contributed by atoms with Crippen molar-refractivity contribution in [3.63, 3.8) is 0 Å². The van der Waals surface area contributed by atoms with Crippen molar-refractivity contribution in [1.29, 1.82) is 0 Å². The van der Waals surface area contributed by atoms with Crippen LogP contribution in [0.1, 0.15) is 43.3 Å². The lowest BCUT2D eigenvalue weighted by Gasteiger charge is -2.32. The molecule has 0 saturated carbocycles. The van der Waals surface area contributed by atoms with E-state index in [0.29, 0.717) is 22.8 Å². The van der Waals surface area contributed by atoms with Crippen LogP contribution >= 0.6 is 0 Å². The number of aliphatic hydroxyl groups is 1. The van der Waals surface area contributed by atoms with Gasteiger partial charge in [-0.25, -0.2) is 0 Å². The highest BCUT2D eigenvalue weighted by Crippen LogP contribution is 2.35. The number of nitrogens with zero attached hydrogens (tertiary/aromatic N) is 1. The average Bonchev–Trinajstić information content (AvgIpc) is 2.59. The summed E-state index contributed by atoms with van der Waals surface area (Å²) in [6.45, 7) is 4.14. The lowest BCUT2D eigenvalue weighted by molar-refractivity contribution is 0.0825. The van der Waals surface area contributed by atoms with Crippen LogP contribution in [0.4, 0.5) is 0 Å². The number of rotatable bonds is 4. The van der Waals surface area contributed by atoms with E-state index in [-0.39, 0.29) is 5.60 Å². The molecule has 0 amide bonds. The number of methoxy groups -OCH3 is 2. The lowest BCUT2D eigenvalue weighted by atomic mass is 9.96. The molecule has 1 aromatic heterocycles. The van der Waals surface area contributed by atoms with Crippen molar-refractivity contribution in [3.05, 3.63) is 47.3 Å². The normalized spacial score (nSPS) is 16.7. The zero-order valence-corrected chi connectivity index (χ0v) is 14.5. The Bertz CT molecular complexity index is 742. The van der Waals surface area contributed by atoms with E-state index in [2.05, 4.69) is 18.8 Å². The van der Waals surface area contributed by atoms with Crippen molar-refractivity contribution >= 4 is 0 Å². The molecule has 24 heavy (non-hydrogen) atoms. The first-order valence-electron chi connectivity index (χ1n) is 8.02. The van der Waals surface area contributed by atoms with Crippen LogP contribution in [0.2, 0.25) is 0 Å². The van der Waals surface area contributed by atoms with Crippen molar-refractivity contribution in [2.24, 2.45) is 0 Å². The average molecular weight is 329 g/mol. The van der Waals surface area contributed by atoms with Crippen molar-refractivity contribution in [3.8, 4) is 17.2 Å². The predicted molar refractivity (Wildman–Crippen MR) is 90.9 cm³/mol. The summed E-state index contributed by atoms with van der Waals surface area (Å²) in [7, 11) is 3.16. The second-order valence-corrected chi connectivity index (χ2v) is 6.56. The highest BCUT2D eigenvalue weighted by molar-refractivity contribution is 5.45. The summed E-state index contributed by atoms with van der Waals surface area (Å²) in [6.07, 6.45) is 0.919. The van der Waals surface area contributed by atoms with Gasteiger partial charge in [-0.2, -0.15) is 0 Å². The van der Waals surface area contributed by atoms with E-state index < -0.39 is 6.10 Å². The third-order valence-corrected chi connectivity index (χ3v) is 4.31. The molecule has 2 aromatic rings. The van der Waals surface area contributed by atoms with Gasteiger partial charge in [0.1, 0.15) is 17.5 Å². The van der Waals surface area contributed by atoms with Crippen LogP contribution in [0.25, 0.3) is 0 Å². The third kappa shape index (κ3) is 3.17. The maximum absolute atomic E-state index is 10.7. The van der Waals surface area contributed by atoms with Crippen LogP contribution in [-0.2, 0) is 6.42 Å². The van der Waals surface area contributed by atoms with Crippen molar-refractivity contribution in [1.82, 2.24) is 4.98 Å². The first-order chi connectivity index (χ1) is 11.4. The molecule has 128 valence electrons. The zero-order chi connectivity index (χ0) is 17.3. The monoisotopic (exact) mass is 329 g/mol. The van der Waals surface area contributed by atoms with Crippen LogP contribution in [0.5, 0.6) is 17.2 Å². The molecule has 1 N–H and O–H groups in total. The van der Waals surface area contributed by atoms with Gasteiger partial charge in [0.25, 0.3) is 0 Å². The number of hydrogen-bond acceptors (Lipinski definition) is 5. The number of aryl methyl sites for hydroxylation is 1. The van der Waals surface area contributed by atoms with Gasteiger partial charge >= 0.3 is 0 Å². The van der Waals surface area contributed by atoms with E-state index in [0.717, 1.165) is 24.3 Å². The molecule has 0 aliphatic carbocycles. The van der Waals surface area contributed by atoms with Gasteiger partial charge in [0.05, 0.1) is 25.6 Å². The molecular weight excluding hydrogens is 306 g/mol. The lowest BCUT2D eigenvalue weighted by Crippen LogP contribution is -2.33. The number of benzene rings is 1. The number of fused-ring (bicyclic) bond motifs is 1. The number of aromatic nitrogens is 1. The van der Waals surface area contributed by atoms with E-state index in [9.17, 15) is 5.11 Å². The minimum absolute atomic E-state index is 0.168. The van der Waals surface area contributed by atoms with Crippen LogP contribution in [0.3, 0.4) is 0 Å². The summed E-state index contributed by atoms with van der Waals surface area (Å²) in [5.74, 6) is 2.01. The molecule has 5 nitrogen and oxygen atoms in total. The predicted octanol–water partition coefficient (Wildman–Crippen LogP) is 3.28. The van der Waals surface area contributed by atoms with Crippen molar-refractivity contribution < 1.29 is 19.3 Å². The Labute approximate surface area is 142 Å². The fourth-order valence-electron chi connectivity index (χ4n) is 2.89. The van der Waals surface area contributed by atoms with Crippen LogP contribution < -0.4 is 14.2 Å². The van der Waals surface area contributed by atoms with Gasteiger partial charge in [-0.15, -0.1) is 0 Å². The van der Waals surface area contributed by atoms with Gasteiger partial charge in [0.2, 0.25) is 0 Å². The Morgan fingerprint density at radius 1 is 1.12 bits per heavy atom. The molecule has 0 spiro atoms. The minimum Gasteiger partial charge on any atom is -0.493 e. The van der Waals surface area contributed by atoms with E-state index in [1.165, 1.54) is 0 Å². The van der Waals surface area contributed by atoms with E-state index in [4.69, 9.17) is 14.2 Å². The highest BCUT2D eigenvalue weighted by atomic mass is 16.5. The topological polar surface area (TPSA) is 60.8 Å². The molecule has 2 heterocycles. The summed E-state index contributed by atoms with van der Waals surface area (Å²) in [6, 6.07) is 9.06. The maximum atomic E-state index is 10.7. The first kappa shape index (κ1) is 16.6. The summed E-state index contributed by atoms with van der Waals surface area (Å²) in [5, 5.41) is 10.7. The molecular formula is C19H23NO4. The fraction of sp³-hybridized carbons (Fsp3) is 0.421. The molecule has 5 heteroatoms. The summed E-state index contributed by atoms with van der Waals surface area (Å²) in [4.78, 5) is 4.61. The standard InChI is InChI=1S/C19H23NO4/c1-19(2)10-9-13-15(24-19)8-6-14(20-13)18(21)12-5-7-16(22-3)17(11-12)23-4/h5-8,11,18,21H,9-10H2,1-4H3. The molecule has 3 rings (SSSR count). The van der Waals surface area contributed by atoms with Crippen molar-refractivity contribution in [2.45, 2.75) is 38.4 Å². The van der Waals surface area contributed by atoms with E-state index >= 15 is 0 Å². The van der Waals surface area contributed by atoms with Gasteiger partial charge in [-0.1, -0.05) is 6.07 Å². The molecule has 0 saturated heterocycles. The number of ether oxygens (including phenoxy) is 3. The minimum atomic E-state index is -0.829. The smallest absolute Gasteiger partial charge is 0.161 e. The Kier molecular flexibility index (Phi) is 4.37. The Hall–Kier alpha value is -2.27. The molecule has 1 unspecified atom stereocenters. The number of pyridine rings is 1. The molecule has 1 aromatic carbocycles. The van der Waals surface area contributed by atoms with Crippen LogP contribution in [0.15, 0.2) is 30.3 Å². The highest BCUT2D eigenvalue weighted by Gasteiger charge is 2.28. The van der Waals surface area contributed by atoms with Gasteiger partial charge in [-0.3, -0.25) is 4.98 Å². The molecule has 0 fully saturated rings. The fourth-order valence-corrected chi connectivity index (χ4v) is 2.89. The number of aliphatic hydroxyl groups excluding tert-OH is 1. The van der Waals surface area contributed by atoms with Crippen molar-refractivity contribution in [2.75, 3.05) is 14.2 Å². The van der Waals surface area contributed by atoms with Gasteiger partial charge in [0, 0.05) is 0 Å². The molecule has 1 atom stereocenters. The molecule has 0 bridgehead atoms. The Balaban J connectivity index is 1.89. The Morgan fingerprint density at radius 3 is 2.58 bits per heavy atom. The summed E-state index contributed by atoms with van der Waals surface area (Å²) < 4.78 is 16.5. The first-order valence-corrected chi connectivity index (χ1v) is 8.02. The summed E-state index contributed by atoms with van der Waals surface area (Å²) >= 11 is 0. The second kappa shape index (κ2) is 6.32. The SMILES string of the molecule is COc1ccc(C(O)c2ccc3c(n2)CCC(C)(C)O3)cc1OC. The van der Waals surface area contributed by atoms with Crippen LogP contribution in [-0.4, -0.2) is 29.9 Å². The van der Waals surface area contributed by atoms with E-state index in [1.807, 2.05) is 18.2 Å². The van der Waals surface area contributed by atoms with E-state index in [1.54, 1.807) is 26.4 Å². The third-order valence-electron chi connectivity index (χ3n) is 4.31. The van der Waals surface area contributed by atoms with Gasteiger partial charge < -0.3 is 19.3 Å². The molecule has 1 aliphatic rings. The largest absolute Gasteiger partial charge is 0.493 e. The maximum Gasteiger partial charge on any atom is 0.161 e. The van der Waals surface area contributed by atoms with Gasteiger partial charge in [-0.05, 0) is 56.5 Å². The number of hydrogen-bond donors (Lipinski definition) is 1. The second-order valence-electron chi connectivity index (χ2n) is 6.56. The summed E-state index contributed by atoms with van der Waals surface area (Å²) in [5.41, 5.74) is 2.03. The van der Waals surface area contributed by atoms with Gasteiger partial charge in [0.15, 0.2) is 11.5 Å². The van der Waals surface area contributed by atoms with Crippen LogP contribution in [0, 0.1) is 0 Å². The molecule has 1 aliphatic heterocycles. The zero-order valence-electron chi connectivity index (χ0n) is 14.5. The Morgan fingerprint density at radius 2 is 1.88 bits per heavy atom.